The van der Waals surface area contributed by atoms with E-state index < -0.39 is 6.03 Å². The van der Waals surface area contributed by atoms with Crippen LogP contribution in [0.1, 0.15) is 72.5 Å². The highest BCUT2D eigenvalue weighted by molar-refractivity contribution is 6.34. The summed E-state index contributed by atoms with van der Waals surface area (Å²) in [5.41, 5.74) is 4.43. The number of pyridine rings is 1. The average Bonchev–Trinajstić information content (AvgIpc) is 3.15. The molecule has 3 aliphatic heterocycles. The monoisotopic (exact) mass is 749 g/mol. The standard InChI is InChI=1S/C40H49ClFN5O6/c1-5-14-46-24-32(25(2)26(3)38(46)49)28-21-34(42)31(36(23-28)52-4)12-17-44-15-8-29(9-16-44)53-30-10-18-45(19-11-30)39(50)27-6-7-33(41)35(22-27)47-20-13-37(48)43-40(47)51/h6-7,21-24,29-30H,5,8-20H2,1-4H3,(H,43,48,51). The van der Waals surface area contributed by atoms with Crippen molar-refractivity contribution in [1.29, 1.82) is 0 Å². The number of carbonyl (C=O) groups excluding carboxylic acids is 3. The fourth-order valence-electron chi connectivity index (χ4n) is 7.61. The normalized spacial score (nSPS) is 17.7. The highest BCUT2D eigenvalue weighted by atomic mass is 35.5. The third kappa shape index (κ3) is 8.60. The first kappa shape index (κ1) is 38.5. The van der Waals surface area contributed by atoms with Gasteiger partial charge in [-0.15, -0.1) is 0 Å². The Bertz CT molecular complexity index is 1920. The molecule has 1 N–H and O–H groups in total. The Kier molecular flexibility index (Phi) is 12.2. The fourth-order valence-corrected chi connectivity index (χ4v) is 7.83. The highest BCUT2D eigenvalue weighted by Crippen LogP contribution is 2.33. The van der Waals surface area contributed by atoms with Crippen LogP contribution in [0.5, 0.6) is 5.75 Å². The molecule has 3 fully saturated rings. The minimum Gasteiger partial charge on any atom is -0.496 e. The number of ether oxygens (including phenoxy) is 2. The van der Waals surface area contributed by atoms with E-state index in [-0.39, 0.29) is 48.4 Å². The first-order chi connectivity index (χ1) is 25.5. The van der Waals surface area contributed by atoms with Crippen molar-refractivity contribution in [3.8, 4) is 16.9 Å². The lowest BCUT2D eigenvalue weighted by Crippen LogP contribution is -2.49. The van der Waals surface area contributed by atoms with Crippen LogP contribution in [0.3, 0.4) is 0 Å². The van der Waals surface area contributed by atoms with Crippen LogP contribution in [0.25, 0.3) is 11.1 Å². The molecule has 0 radical (unpaired) electrons. The number of methoxy groups -OCH3 is 1. The van der Waals surface area contributed by atoms with E-state index in [2.05, 4.69) is 10.2 Å². The molecule has 4 heterocycles. The van der Waals surface area contributed by atoms with Crippen molar-refractivity contribution in [3.05, 3.63) is 80.0 Å². The number of piperidine rings is 2. The van der Waals surface area contributed by atoms with Gasteiger partial charge in [0, 0.05) is 80.7 Å². The second-order valence-electron chi connectivity index (χ2n) is 14.3. The lowest BCUT2D eigenvalue weighted by Gasteiger charge is -2.37. The molecule has 3 aliphatic rings. The van der Waals surface area contributed by atoms with Gasteiger partial charge in [-0.2, -0.15) is 0 Å². The molecule has 3 aromatic rings. The highest BCUT2D eigenvalue weighted by Gasteiger charge is 2.30. The molecule has 284 valence electrons. The number of imide groups is 1. The van der Waals surface area contributed by atoms with Crippen molar-refractivity contribution < 1.29 is 28.2 Å². The molecule has 0 unspecified atom stereocenters. The maximum absolute atomic E-state index is 15.7. The van der Waals surface area contributed by atoms with Gasteiger partial charge < -0.3 is 23.8 Å². The van der Waals surface area contributed by atoms with Gasteiger partial charge in [0.1, 0.15) is 11.6 Å². The number of nitrogens with zero attached hydrogens (tertiary/aromatic N) is 4. The molecule has 13 heteroatoms. The smallest absolute Gasteiger partial charge is 0.328 e. The van der Waals surface area contributed by atoms with Gasteiger partial charge in [-0.1, -0.05) is 18.5 Å². The van der Waals surface area contributed by atoms with Gasteiger partial charge in [0.2, 0.25) is 5.91 Å². The maximum atomic E-state index is 15.7. The third-order valence-corrected chi connectivity index (χ3v) is 11.2. The predicted molar refractivity (Wildman–Crippen MR) is 203 cm³/mol. The van der Waals surface area contributed by atoms with Gasteiger partial charge in [-0.25, -0.2) is 9.18 Å². The predicted octanol–water partition coefficient (Wildman–Crippen LogP) is 6.12. The molecule has 6 rings (SSSR count). The van der Waals surface area contributed by atoms with Crippen LogP contribution in [0.2, 0.25) is 5.02 Å². The zero-order chi connectivity index (χ0) is 37.8. The average molecular weight is 750 g/mol. The van der Waals surface area contributed by atoms with Crippen molar-refractivity contribution >= 4 is 35.1 Å². The molecule has 0 bridgehead atoms. The van der Waals surface area contributed by atoms with E-state index in [0.29, 0.717) is 71.3 Å². The summed E-state index contributed by atoms with van der Waals surface area (Å²) < 4.78 is 29.6. The first-order valence-electron chi connectivity index (χ1n) is 18.6. The number of anilines is 1. The molecule has 11 nitrogen and oxygen atoms in total. The SMILES string of the molecule is CCCn1cc(-c2cc(F)c(CCN3CCC(OC4CCN(C(=O)c5ccc(Cl)c(N6CCC(=O)NC6=O)c5)CC4)CC3)c(OC)c2)c(C)c(C)c1=O. The number of amides is 4. The van der Waals surface area contributed by atoms with Gasteiger partial charge in [0.05, 0.1) is 30.0 Å². The number of carbonyl (C=O) groups is 3. The topological polar surface area (TPSA) is 113 Å². The molecular formula is C40H49ClFN5O6. The number of halogens is 2. The minimum atomic E-state index is -0.549. The molecular weight excluding hydrogens is 701 g/mol. The maximum Gasteiger partial charge on any atom is 0.328 e. The van der Waals surface area contributed by atoms with Crippen molar-refractivity contribution in [3.63, 3.8) is 0 Å². The summed E-state index contributed by atoms with van der Waals surface area (Å²) in [5, 5.41) is 2.63. The Morgan fingerprint density at radius 2 is 1.64 bits per heavy atom. The summed E-state index contributed by atoms with van der Waals surface area (Å²) in [6, 6.07) is 7.79. The van der Waals surface area contributed by atoms with Crippen LogP contribution in [0.4, 0.5) is 14.9 Å². The van der Waals surface area contributed by atoms with Crippen LogP contribution in [0.15, 0.2) is 41.3 Å². The Morgan fingerprint density at radius 3 is 2.30 bits per heavy atom. The Hall–Kier alpha value is -4.26. The molecule has 0 atom stereocenters. The lowest BCUT2D eigenvalue weighted by molar-refractivity contribution is -0.120. The molecule has 0 saturated carbocycles. The van der Waals surface area contributed by atoms with E-state index in [4.69, 9.17) is 21.1 Å². The summed E-state index contributed by atoms with van der Waals surface area (Å²) in [7, 11) is 1.57. The molecule has 2 aromatic carbocycles. The van der Waals surface area contributed by atoms with Crippen LogP contribution >= 0.6 is 11.6 Å². The largest absolute Gasteiger partial charge is 0.496 e. The minimum absolute atomic E-state index is 0.0122. The van der Waals surface area contributed by atoms with Gasteiger partial charge in [0.25, 0.3) is 11.5 Å². The Balaban J connectivity index is 0.983. The van der Waals surface area contributed by atoms with Crippen LogP contribution in [-0.2, 0) is 22.5 Å². The lowest BCUT2D eigenvalue weighted by atomic mass is 9.96. The van der Waals surface area contributed by atoms with Gasteiger partial charge in [-0.05, 0) is 93.8 Å². The van der Waals surface area contributed by atoms with Crippen molar-refractivity contribution in [2.45, 2.75) is 84.5 Å². The third-order valence-electron chi connectivity index (χ3n) is 10.8. The fraction of sp³-hybridized carbons (Fsp3) is 0.500. The molecule has 1 aromatic heterocycles. The number of rotatable bonds is 11. The van der Waals surface area contributed by atoms with Crippen LogP contribution in [0, 0.1) is 19.7 Å². The number of aryl methyl sites for hydroxylation is 1. The van der Waals surface area contributed by atoms with E-state index in [1.54, 1.807) is 35.9 Å². The number of benzene rings is 2. The van der Waals surface area contributed by atoms with Crippen molar-refractivity contribution in [1.82, 2.24) is 19.7 Å². The molecule has 4 amide bonds. The Morgan fingerprint density at radius 1 is 0.943 bits per heavy atom. The van der Waals surface area contributed by atoms with Gasteiger partial charge in [0.15, 0.2) is 0 Å². The molecule has 53 heavy (non-hydrogen) atoms. The van der Waals surface area contributed by atoms with Crippen molar-refractivity contribution in [2.24, 2.45) is 0 Å². The quantitative estimate of drug-likeness (QED) is 0.252. The van der Waals surface area contributed by atoms with Crippen molar-refractivity contribution in [2.75, 3.05) is 51.3 Å². The summed E-state index contributed by atoms with van der Waals surface area (Å²) in [6.45, 7) is 10.1. The zero-order valence-corrected chi connectivity index (χ0v) is 31.8. The van der Waals surface area contributed by atoms with Gasteiger partial charge in [-0.3, -0.25) is 24.6 Å². The number of nitrogens with one attached hydrogen (secondary N) is 1. The first-order valence-corrected chi connectivity index (χ1v) is 19.0. The number of aromatic nitrogens is 1. The number of urea groups is 1. The zero-order valence-electron chi connectivity index (χ0n) is 31.0. The molecule has 3 saturated heterocycles. The van der Waals surface area contributed by atoms with E-state index in [1.807, 2.05) is 37.9 Å². The van der Waals surface area contributed by atoms with Gasteiger partial charge >= 0.3 is 6.03 Å². The number of hydrogen-bond acceptors (Lipinski definition) is 7. The second kappa shape index (κ2) is 16.8. The van der Waals surface area contributed by atoms with E-state index in [1.165, 1.54) is 4.90 Å². The summed E-state index contributed by atoms with van der Waals surface area (Å²) in [5.74, 6) is -0.264. The van der Waals surface area contributed by atoms with E-state index in [0.717, 1.165) is 56.3 Å². The van der Waals surface area contributed by atoms with E-state index in [9.17, 15) is 19.2 Å². The molecule has 0 aliphatic carbocycles. The summed E-state index contributed by atoms with van der Waals surface area (Å²) in [6.07, 6.45) is 6.77. The second-order valence-corrected chi connectivity index (χ2v) is 14.7. The number of hydrogen-bond donors (Lipinski definition) is 1. The summed E-state index contributed by atoms with van der Waals surface area (Å²) >= 11 is 6.38. The number of likely N-dealkylation sites (tertiary alicyclic amines) is 2. The van der Waals surface area contributed by atoms with E-state index >= 15 is 4.39 Å². The Labute approximate surface area is 315 Å². The molecule has 0 spiro atoms. The summed E-state index contributed by atoms with van der Waals surface area (Å²) in [4.78, 5) is 55.6. The van der Waals surface area contributed by atoms with Crippen LogP contribution < -0.4 is 20.5 Å². The van der Waals surface area contributed by atoms with Crippen LogP contribution in [-0.4, -0.2) is 90.8 Å².